The van der Waals surface area contributed by atoms with Crippen LogP contribution in [0.4, 0.5) is 4.79 Å². The first-order valence-corrected chi connectivity index (χ1v) is 9.88. The highest BCUT2D eigenvalue weighted by atomic mass is 35.5. The monoisotopic (exact) mass is 441 g/mol. The molecule has 30 heavy (non-hydrogen) atoms. The predicted octanol–water partition coefficient (Wildman–Crippen LogP) is 6.93. The van der Waals surface area contributed by atoms with Gasteiger partial charge in [0.2, 0.25) is 5.88 Å². The quantitative estimate of drug-likeness (QED) is 0.446. The molecule has 3 aromatic rings. The van der Waals surface area contributed by atoms with Gasteiger partial charge >= 0.3 is 6.16 Å². The van der Waals surface area contributed by atoms with Crippen molar-refractivity contribution in [1.29, 1.82) is 0 Å². The molecule has 0 fully saturated rings. The summed E-state index contributed by atoms with van der Waals surface area (Å²) in [7, 11) is 0. The van der Waals surface area contributed by atoms with Gasteiger partial charge in [-0.2, -0.15) is 0 Å². The molecule has 0 saturated heterocycles. The molecule has 0 radical (unpaired) electrons. The number of hydrogen-bond donors (Lipinski definition) is 1. The van der Waals surface area contributed by atoms with E-state index in [1.165, 1.54) is 0 Å². The molecule has 4 rings (SSSR count). The van der Waals surface area contributed by atoms with E-state index in [0.29, 0.717) is 21.3 Å². The zero-order valence-corrected chi connectivity index (χ0v) is 17.7. The van der Waals surface area contributed by atoms with Crippen LogP contribution in [0.25, 0.3) is 28.1 Å². The van der Waals surface area contributed by atoms with Crippen LogP contribution in [0.1, 0.15) is 19.4 Å². The molecule has 1 aliphatic heterocycles. The Bertz CT molecular complexity index is 1170. The van der Waals surface area contributed by atoms with Crippen molar-refractivity contribution in [1.82, 2.24) is 4.98 Å². The second kappa shape index (κ2) is 7.67. The topological polar surface area (TPSA) is 68.7 Å². The summed E-state index contributed by atoms with van der Waals surface area (Å²) < 4.78 is 11.1. The van der Waals surface area contributed by atoms with Gasteiger partial charge in [0, 0.05) is 27.2 Å². The lowest BCUT2D eigenvalue weighted by Gasteiger charge is -2.30. The van der Waals surface area contributed by atoms with Crippen molar-refractivity contribution in [2.75, 3.05) is 0 Å². The maximum absolute atomic E-state index is 11.3. The lowest BCUT2D eigenvalue weighted by Crippen LogP contribution is -2.30. The number of carboxylic acid groups (broad SMARTS) is 1. The first kappa shape index (κ1) is 20.3. The molecule has 152 valence electrons. The Morgan fingerprint density at radius 1 is 1.03 bits per heavy atom. The number of hydrogen-bond acceptors (Lipinski definition) is 4. The lowest BCUT2D eigenvalue weighted by atomic mass is 9.95. The fourth-order valence-electron chi connectivity index (χ4n) is 3.31. The first-order chi connectivity index (χ1) is 14.2. The molecule has 0 saturated carbocycles. The van der Waals surface area contributed by atoms with Gasteiger partial charge in [-0.25, -0.2) is 9.78 Å². The van der Waals surface area contributed by atoms with Crippen LogP contribution in [0.2, 0.25) is 10.0 Å². The highest BCUT2D eigenvalue weighted by molar-refractivity contribution is 6.33. The maximum Gasteiger partial charge on any atom is 0.511 e. The average molecular weight is 442 g/mol. The highest BCUT2D eigenvalue weighted by Crippen LogP contribution is 2.43. The van der Waals surface area contributed by atoms with Crippen molar-refractivity contribution in [2.24, 2.45) is 0 Å². The number of rotatable bonds is 3. The summed E-state index contributed by atoms with van der Waals surface area (Å²) in [5.41, 5.74) is 2.55. The van der Waals surface area contributed by atoms with Gasteiger partial charge in [-0.1, -0.05) is 53.5 Å². The zero-order valence-electron chi connectivity index (χ0n) is 16.1. The SMILES string of the molecule is CC1(C)C=C(OC(=O)O)c2cc(-c3ccc(Cl)cc3)c(-c3ccccc3Cl)nc2O1. The number of carbonyl (C=O) groups is 1. The van der Waals surface area contributed by atoms with E-state index in [1.807, 2.05) is 30.3 Å². The molecular formula is C23H17Cl2NO4. The van der Waals surface area contributed by atoms with Crippen LogP contribution >= 0.6 is 23.2 Å². The van der Waals surface area contributed by atoms with E-state index in [4.69, 9.17) is 37.7 Å². The normalized spacial score (nSPS) is 14.3. The third-order valence-corrected chi connectivity index (χ3v) is 5.15. The summed E-state index contributed by atoms with van der Waals surface area (Å²) in [5, 5.41) is 10.3. The minimum absolute atomic E-state index is 0.169. The summed E-state index contributed by atoms with van der Waals surface area (Å²) in [6.07, 6.45) is 0.208. The van der Waals surface area contributed by atoms with Gasteiger partial charge in [-0.15, -0.1) is 0 Å². The summed E-state index contributed by atoms with van der Waals surface area (Å²) >= 11 is 12.5. The van der Waals surface area contributed by atoms with Crippen LogP contribution < -0.4 is 4.74 Å². The van der Waals surface area contributed by atoms with Crippen molar-refractivity contribution in [3.05, 3.63) is 76.3 Å². The fraction of sp³-hybridized carbons (Fsp3) is 0.130. The van der Waals surface area contributed by atoms with E-state index in [0.717, 1.165) is 16.7 Å². The van der Waals surface area contributed by atoms with Crippen molar-refractivity contribution >= 4 is 35.1 Å². The summed E-state index contributed by atoms with van der Waals surface area (Å²) in [5.74, 6) is 0.438. The average Bonchev–Trinajstić information content (AvgIpc) is 2.67. The fourth-order valence-corrected chi connectivity index (χ4v) is 3.66. The molecule has 1 aliphatic rings. The van der Waals surface area contributed by atoms with Crippen molar-refractivity contribution in [2.45, 2.75) is 19.4 Å². The molecule has 1 aromatic heterocycles. The smallest absolute Gasteiger partial charge is 0.467 e. The number of benzene rings is 2. The summed E-state index contributed by atoms with van der Waals surface area (Å²) in [6.45, 7) is 3.59. The Morgan fingerprint density at radius 2 is 1.73 bits per heavy atom. The number of ether oxygens (including phenoxy) is 2. The van der Waals surface area contributed by atoms with Crippen LogP contribution in [-0.2, 0) is 4.74 Å². The largest absolute Gasteiger partial charge is 0.511 e. The van der Waals surface area contributed by atoms with Crippen molar-refractivity contribution in [3.8, 4) is 28.3 Å². The Morgan fingerprint density at radius 3 is 2.40 bits per heavy atom. The molecule has 2 heterocycles. The Balaban J connectivity index is 2.00. The molecule has 5 nitrogen and oxygen atoms in total. The van der Waals surface area contributed by atoms with Crippen LogP contribution in [-0.4, -0.2) is 21.8 Å². The van der Waals surface area contributed by atoms with Gasteiger partial charge in [-0.3, -0.25) is 0 Å². The standard InChI is InChI=1S/C23H17Cl2NO4/c1-23(2)12-19(29-22(27)28)17-11-16(13-7-9-14(24)10-8-13)20(26-21(17)30-23)15-5-3-4-6-18(15)25/h3-12H,1-2H3,(H,27,28). The van der Waals surface area contributed by atoms with Crippen molar-refractivity contribution < 1.29 is 19.4 Å². The third-order valence-electron chi connectivity index (χ3n) is 4.57. The minimum atomic E-state index is -1.41. The third kappa shape index (κ3) is 3.99. The van der Waals surface area contributed by atoms with Crippen LogP contribution in [0.15, 0.2) is 60.7 Å². The Labute approximate surface area is 183 Å². The number of nitrogens with zero attached hydrogens (tertiary/aromatic N) is 1. The minimum Gasteiger partial charge on any atom is -0.467 e. The number of halogens is 2. The van der Waals surface area contributed by atoms with Crippen molar-refractivity contribution in [3.63, 3.8) is 0 Å². The first-order valence-electron chi connectivity index (χ1n) is 9.12. The van der Waals surface area contributed by atoms with E-state index >= 15 is 0 Å². The molecule has 0 atom stereocenters. The highest BCUT2D eigenvalue weighted by Gasteiger charge is 2.32. The number of pyridine rings is 1. The van der Waals surface area contributed by atoms with E-state index < -0.39 is 11.8 Å². The van der Waals surface area contributed by atoms with Crippen LogP contribution in [0, 0.1) is 0 Å². The molecule has 0 unspecified atom stereocenters. The molecule has 0 amide bonds. The number of aromatic nitrogens is 1. The lowest BCUT2D eigenvalue weighted by molar-refractivity contribution is 0.123. The molecular weight excluding hydrogens is 425 g/mol. The summed E-state index contributed by atoms with van der Waals surface area (Å²) in [6, 6.07) is 16.4. The van der Waals surface area contributed by atoms with Crippen LogP contribution in [0.5, 0.6) is 5.88 Å². The van der Waals surface area contributed by atoms with E-state index in [-0.39, 0.29) is 11.6 Å². The van der Waals surface area contributed by atoms with Gasteiger partial charge in [-0.05, 0) is 43.7 Å². The van der Waals surface area contributed by atoms with E-state index in [1.54, 1.807) is 44.2 Å². The maximum atomic E-state index is 11.3. The molecule has 1 N–H and O–H groups in total. The zero-order chi connectivity index (χ0) is 21.5. The molecule has 0 spiro atoms. The van der Waals surface area contributed by atoms with Gasteiger partial charge < -0.3 is 14.6 Å². The Kier molecular flexibility index (Phi) is 5.18. The molecule has 0 bridgehead atoms. The summed E-state index contributed by atoms with van der Waals surface area (Å²) in [4.78, 5) is 16.0. The molecule has 2 aromatic carbocycles. The Hall–Kier alpha value is -3.02. The molecule has 0 aliphatic carbocycles. The van der Waals surface area contributed by atoms with E-state index in [2.05, 4.69) is 0 Å². The number of fused-ring (bicyclic) bond motifs is 1. The van der Waals surface area contributed by atoms with Gasteiger partial charge in [0.1, 0.15) is 11.4 Å². The molecule has 7 heteroatoms. The van der Waals surface area contributed by atoms with Crippen LogP contribution in [0.3, 0.4) is 0 Å². The second-order valence-corrected chi connectivity index (χ2v) is 8.15. The van der Waals surface area contributed by atoms with E-state index in [9.17, 15) is 9.90 Å². The van der Waals surface area contributed by atoms with Gasteiger partial charge in [0.15, 0.2) is 0 Å². The predicted molar refractivity (Wildman–Crippen MR) is 117 cm³/mol. The van der Waals surface area contributed by atoms with Gasteiger partial charge in [0.05, 0.1) is 11.3 Å². The van der Waals surface area contributed by atoms with Gasteiger partial charge in [0.25, 0.3) is 0 Å². The second-order valence-electron chi connectivity index (χ2n) is 7.31.